The minimum absolute atomic E-state index is 0.0972. The molecule has 10 nitrogen and oxygen atoms in total. The summed E-state index contributed by atoms with van der Waals surface area (Å²) in [5, 5.41) is 23.4. The fourth-order valence-corrected chi connectivity index (χ4v) is 5.93. The first-order valence-electron chi connectivity index (χ1n) is 12.3. The quantitative estimate of drug-likeness (QED) is 0.177. The summed E-state index contributed by atoms with van der Waals surface area (Å²) in [6.07, 6.45) is 0. The van der Waals surface area contributed by atoms with Crippen molar-refractivity contribution in [3.63, 3.8) is 0 Å². The van der Waals surface area contributed by atoms with E-state index in [1.165, 1.54) is 23.1 Å². The van der Waals surface area contributed by atoms with Gasteiger partial charge in [-0.15, -0.1) is 20.4 Å². The number of carbonyl (C=O) groups excluding carboxylic acids is 2. The molecule has 2 N–H and O–H groups in total. The number of thioether (sulfide) groups is 2. The lowest BCUT2D eigenvalue weighted by Gasteiger charge is -2.12. The van der Waals surface area contributed by atoms with Crippen molar-refractivity contribution in [3.05, 3.63) is 65.0 Å². The smallest absolute Gasteiger partial charge is 0.251 e. The minimum atomic E-state index is -0.227. The Kier molecular flexibility index (Phi) is 9.96. The first-order chi connectivity index (χ1) is 18.9. The lowest BCUT2D eigenvalue weighted by Crippen LogP contribution is -2.24. The van der Waals surface area contributed by atoms with Crippen LogP contribution in [0.3, 0.4) is 0 Å². The molecule has 0 aliphatic carbocycles. The summed E-state index contributed by atoms with van der Waals surface area (Å²) in [5.74, 6) is 1.82. The van der Waals surface area contributed by atoms with Gasteiger partial charge in [0.25, 0.3) is 5.91 Å². The van der Waals surface area contributed by atoms with Crippen molar-refractivity contribution in [3.8, 4) is 11.4 Å². The van der Waals surface area contributed by atoms with Gasteiger partial charge in [0.15, 0.2) is 15.3 Å². The second-order valence-corrected chi connectivity index (χ2v) is 11.7. The van der Waals surface area contributed by atoms with E-state index >= 15 is 0 Å². The van der Waals surface area contributed by atoms with E-state index in [0.29, 0.717) is 28.3 Å². The van der Waals surface area contributed by atoms with Crippen LogP contribution in [0.15, 0.2) is 52.0 Å². The van der Waals surface area contributed by atoms with Crippen LogP contribution in [0.4, 0.5) is 5.13 Å². The Labute approximate surface area is 239 Å². The van der Waals surface area contributed by atoms with Gasteiger partial charge in [0, 0.05) is 11.3 Å². The third-order valence-electron chi connectivity index (χ3n) is 5.54. The summed E-state index contributed by atoms with van der Waals surface area (Å²) in [6, 6.07) is 13.1. The molecule has 0 atom stereocenters. The predicted molar refractivity (Wildman–Crippen MR) is 155 cm³/mol. The topological polar surface area (TPSA) is 124 Å². The van der Waals surface area contributed by atoms with Gasteiger partial charge in [-0.2, -0.15) is 0 Å². The molecule has 4 aromatic rings. The number of hydrogen-bond acceptors (Lipinski definition) is 10. The van der Waals surface area contributed by atoms with Gasteiger partial charge < -0.3 is 10.1 Å². The standard InChI is InChI=1S/C26H29N7O3S3/c1-5-36-20-11-9-19(10-12-20)33-21(14-27-23(35)18-8-7-16(3)17(4)13-18)29-31-25(33)38-15-22(34)28-24-30-32-26(39-24)37-6-2/h7-13H,5-6,14-15H2,1-4H3,(H,27,35)(H,28,30,34). The molecule has 13 heteroatoms. The summed E-state index contributed by atoms with van der Waals surface area (Å²) in [5.41, 5.74) is 3.53. The van der Waals surface area contributed by atoms with Crippen LogP contribution < -0.4 is 15.4 Å². The normalized spacial score (nSPS) is 10.9. The summed E-state index contributed by atoms with van der Waals surface area (Å²) in [7, 11) is 0. The zero-order chi connectivity index (χ0) is 27.8. The number of rotatable bonds is 12. The number of amides is 2. The van der Waals surface area contributed by atoms with Crippen molar-refractivity contribution >= 4 is 51.8 Å². The highest BCUT2D eigenvalue weighted by Crippen LogP contribution is 2.27. The molecule has 0 saturated carbocycles. The van der Waals surface area contributed by atoms with Crippen LogP contribution in [0.5, 0.6) is 5.75 Å². The Balaban J connectivity index is 1.50. The monoisotopic (exact) mass is 583 g/mol. The summed E-state index contributed by atoms with van der Waals surface area (Å²) in [4.78, 5) is 25.4. The van der Waals surface area contributed by atoms with E-state index in [0.717, 1.165) is 32.7 Å². The van der Waals surface area contributed by atoms with Gasteiger partial charge in [-0.05, 0) is 74.0 Å². The molecule has 204 valence electrons. The van der Waals surface area contributed by atoms with Crippen molar-refractivity contribution in [1.82, 2.24) is 30.3 Å². The fraction of sp³-hybridized carbons (Fsp3) is 0.308. The molecule has 2 aromatic heterocycles. The molecule has 0 spiro atoms. The number of carbonyl (C=O) groups is 2. The number of hydrogen-bond donors (Lipinski definition) is 2. The second-order valence-electron chi connectivity index (χ2n) is 8.29. The zero-order valence-corrected chi connectivity index (χ0v) is 24.5. The number of benzene rings is 2. The Morgan fingerprint density at radius 2 is 1.77 bits per heavy atom. The Morgan fingerprint density at radius 3 is 2.49 bits per heavy atom. The molecule has 0 aliphatic heterocycles. The van der Waals surface area contributed by atoms with Gasteiger partial charge in [0.1, 0.15) is 5.75 Å². The lowest BCUT2D eigenvalue weighted by atomic mass is 10.1. The molecule has 0 unspecified atom stereocenters. The highest BCUT2D eigenvalue weighted by atomic mass is 32.2. The number of ether oxygens (including phenoxy) is 1. The number of aromatic nitrogens is 5. The summed E-state index contributed by atoms with van der Waals surface area (Å²) >= 11 is 4.15. The van der Waals surface area contributed by atoms with Crippen molar-refractivity contribution in [2.24, 2.45) is 0 Å². The molecule has 39 heavy (non-hydrogen) atoms. The first-order valence-corrected chi connectivity index (χ1v) is 15.1. The second kappa shape index (κ2) is 13.6. The van der Waals surface area contributed by atoms with Crippen LogP contribution in [-0.2, 0) is 11.3 Å². The third kappa shape index (κ3) is 7.58. The maximum absolute atomic E-state index is 12.8. The van der Waals surface area contributed by atoms with Crippen LogP contribution in [0.2, 0.25) is 0 Å². The predicted octanol–water partition coefficient (Wildman–Crippen LogP) is 4.91. The summed E-state index contributed by atoms with van der Waals surface area (Å²) < 4.78 is 8.21. The molecule has 0 bridgehead atoms. The van der Waals surface area contributed by atoms with Crippen LogP contribution in [-0.4, -0.2) is 54.9 Å². The van der Waals surface area contributed by atoms with Crippen molar-refractivity contribution in [2.75, 3.05) is 23.4 Å². The van der Waals surface area contributed by atoms with Crippen molar-refractivity contribution in [1.29, 1.82) is 0 Å². The molecule has 0 fully saturated rings. The van der Waals surface area contributed by atoms with Gasteiger partial charge >= 0.3 is 0 Å². The Bertz CT molecular complexity index is 1440. The molecular formula is C26H29N7O3S3. The average molecular weight is 584 g/mol. The number of anilines is 1. The molecule has 0 saturated heterocycles. The van der Waals surface area contributed by atoms with Crippen molar-refractivity contribution in [2.45, 2.75) is 43.7 Å². The van der Waals surface area contributed by atoms with Crippen LogP contribution in [0.25, 0.3) is 5.69 Å². The number of nitrogens with one attached hydrogen (secondary N) is 2. The molecular weight excluding hydrogens is 555 g/mol. The average Bonchev–Trinajstić information content (AvgIpc) is 3.55. The highest BCUT2D eigenvalue weighted by molar-refractivity contribution is 8.01. The maximum Gasteiger partial charge on any atom is 0.251 e. The van der Waals surface area contributed by atoms with Crippen LogP contribution in [0, 0.1) is 13.8 Å². The van der Waals surface area contributed by atoms with Gasteiger partial charge in [-0.25, -0.2) is 0 Å². The van der Waals surface area contributed by atoms with Gasteiger partial charge in [-0.1, -0.05) is 47.9 Å². The lowest BCUT2D eigenvalue weighted by molar-refractivity contribution is -0.113. The van der Waals surface area contributed by atoms with Crippen LogP contribution >= 0.6 is 34.9 Å². The van der Waals surface area contributed by atoms with E-state index in [2.05, 4.69) is 31.0 Å². The molecule has 2 heterocycles. The van der Waals surface area contributed by atoms with E-state index in [9.17, 15) is 9.59 Å². The molecule has 2 amide bonds. The van der Waals surface area contributed by atoms with E-state index in [-0.39, 0.29) is 24.1 Å². The molecule has 0 radical (unpaired) electrons. The molecule has 0 aliphatic rings. The van der Waals surface area contributed by atoms with E-state index in [1.807, 2.05) is 68.7 Å². The molecule has 4 rings (SSSR count). The SMILES string of the molecule is CCOc1ccc(-n2c(CNC(=O)c3ccc(C)c(C)c3)nnc2SCC(=O)Nc2nnc(SCC)s2)cc1. The Morgan fingerprint density at radius 1 is 0.974 bits per heavy atom. The molecule has 2 aromatic carbocycles. The van der Waals surface area contributed by atoms with Crippen LogP contribution in [0.1, 0.15) is 41.2 Å². The van der Waals surface area contributed by atoms with Gasteiger partial charge in [-0.3, -0.25) is 19.5 Å². The number of nitrogens with zero attached hydrogens (tertiary/aromatic N) is 5. The first kappa shape index (κ1) is 28.6. The largest absolute Gasteiger partial charge is 0.494 e. The van der Waals surface area contributed by atoms with E-state index in [4.69, 9.17) is 4.74 Å². The number of aryl methyl sites for hydroxylation is 2. The minimum Gasteiger partial charge on any atom is -0.494 e. The van der Waals surface area contributed by atoms with E-state index in [1.54, 1.807) is 17.8 Å². The fourth-order valence-electron chi connectivity index (χ4n) is 3.50. The zero-order valence-electron chi connectivity index (χ0n) is 22.1. The van der Waals surface area contributed by atoms with Crippen molar-refractivity contribution < 1.29 is 14.3 Å². The van der Waals surface area contributed by atoms with Gasteiger partial charge in [0.05, 0.1) is 18.9 Å². The highest BCUT2D eigenvalue weighted by Gasteiger charge is 2.18. The maximum atomic E-state index is 12.8. The van der Waals surface area contributed by atoms with Gasteiger partial charge in [0.2, 0.25) is 11.0 Å². The third-order valence-corrected chi connectivity index (χ3v) is 8.32. The summed E-state index contributed by atoms with van der Waals surface area (Å²) in [6.45, 7) is 8.65. The Hall–Kier alpha value is -3.42. The van der Waals surface area contributed by atoms with E-state index < -0.39 is 0 Å².